The molecule has 6 aromatic rings. The third kappa shape index (κ3) is 3.86. The molecule has 42 heavy (non-hydrogen) atoms. The van der Waals surface area contributed by atoms with Crippen LogP contribution in [-0.4, -0.2) is 30.0 Å². The van der Waals surface area contributed by atoms with Crippen LogP contribution in [0.5, 0.6) is 0 Å². The van der Waals surface area contributed by atoms with Crippen molar-refractivity contribution in [1.29, 1.82) is 0 Å². The fraction of sp³-hybridized carbons (Fsp3) is 0.222. The summed E-state index contributed by atoms with van der Waals surface area (Å²) < 4.78 is 4.17. The molecular weight excluding hydrogens is 516 g/mol. The number of aryl methyl sites for hydroxylation is 4. The van der Waals surface area contributed by atoms with E-state index >= 15 is 0 Å². The van der Waals surface area contributed by atoms with Gasteiger partial charge in [0.25, 0.3) is 0 Å². The molecule has 6 heteroatoms. The topological polar surface area (TPSA) is 61.4 Å². The van der Waals surface area contributed by atoms with Crippen LogP contribution in [0.3, 0.4) is 0 Å². The number of rotatable bonds is 6. The summed E-state index contributed by atoms with van der Waals surface area (Å²) in [4.78, 5) is 0. The molecule has 0 saturated carbocycles. The van der Waals surface area contributed by atoms with Crippen LogP contribution in [0.2, 0.25) is 0 Å². The van der Waals surface area contributed by atoms with Gasteiger partial charge in [-0.15, -0.1) is 10.2 Å². The van der Waals surface area contributed by atoms with Crippen molar-refractivity contribution in [2.45, 2.75) is 53.4 Å². The van der Waals surface area contributed by atoms with Gasteiger partial charge in [-0.2, -0.15) is 0 Å². The van der Waals surface area contributed by atoms with Gasteiger partial charge in [0.05, 0.1) is 11.4 Å². The molecule has 0 bridgehead atoms. The number of hydrogen-bond donors (Lipinski definition) is 0. The number of benzene rings is 4. The fourth-order valence-corrected chi connectivity index (χ4v) is 6.49. The van der Waals surface area contributed by atoms with Crippen LogP contribution in [0.4, 0.5) is 0 Å². The maximum atomic E-state index is 4.88. The zero-order valence-corrected chi connectivity index (χ0v) is 24.6. The standard InChI is InChI=1S/C36H34N6/c1-5-23-15-13-16-24(6-2)33(23)41-35-29-21-11-12-22-30(29)36-32(28-20-10-9-19-27(28)31(35)37-39-41)38-40-42(36)34-25(7-3)17-14-18-26(34)8-4/h9-22H,5-8H2,1-4H3/b31-27+,32-28+,35-29+,36-30+. The minimum Gasteiger partial charge on any atom is -0.212 e. The minimum atomic E-state index is 0.856. The van der Waals surface area contributed by atoms with Gasteiger partial charge in [-0.05, 0) is 47.9 Å². The molecule has 1 aliphatic rings. The van der Waals surface area contributed by atoms with Crippen molar-refractivity contribution < 1.29 is 0 Å². The summed E-state index contributed by atoms with van der Waals surface area (Å²) in [5, 5.41) is 27.3. The molecule has 0 atom stereocenters. The highest BCUT2D eigenvalue weighted by molar-refractivity contribution is 5.49. The summed E-state index contributed by atoms with van der Waals surface area (Å²) in [5.74, 6) is 0. The van der Waals surface area contributed by atoms with Crippen LogP contribution < -0.4 is 0 Å². The molecule has 0 aliphatic heterocycles. The molecule has 6 nitrogen and oxygen atoms in total. The monoisotopic (exact) mass is 550 g/mol. The lowest BCUT2D eigenvalue weighted by atomic mass is 10.0. The first-order valence-corrected chi connectivity index (χ1v) is 15.0. The van der Waals surface area contributed by atoms with Gasteiger partial charge >= 0.3 is 0 Å². The van der Waals surface area contributed by atoms with Crippen molar-refractivity contribution >= 4 is 0 Å². The Morgan fingerprint density at radius 1 is 0.429 bits per heavy atom. The summed E-state index contributed by atoms with van der Waals surface area (Å²) in [6, 6.07) is 30.1. The van der Waals surface area contributed by atoms with E-state index < -0.39 is 0 Å². The van der Waals surface area contributed by atoms with Gasteiger partial charge in [0.2, 0.25) is 0 Å². The summed E-state index contributed by atoms with van der Waals surface area (Å²) in [6.45, 7) is 8.81. The maximum Gasteiger partial charge on any atom is 0.122 e. The molecule has 208 valence electrons. The quantitative estimate of drug-likeness (QED) is 0.235. The molecule has 0 unspecified atom stereocenters. The van der Waals surface area contributed by atoms with Crippen LogP contribution in [0.15, 0.2) is 84.9 Å². The van der Waals surface area contributed by atoms with E-state index in [9.17, 15) is 0 Å². The van der Waals surface area contributed by atoms with Crippen LogP contribution >= 0.6 is 0 Å². The molecule has 4 aromatic carbocycles. The smallest absolute Gasteiger partial charge is 0.122 e. The Hall–Kier alpha value is -4.84. The van der Waals surface area contributed by atoms with E-state index in [-0.39, 0.29) is 0 Å². The number of aromatic nitrogens is 6. The van der Waals surface area contributed by atoms with Crippen molar-refractivity contribution in [3.63, 3.8) is 0 Å². The normalized spacial score (nSPS) is 15.1. The molecule has 7 rings (SSSR count). The second-order valence-electron chi connectivity index (χ2n) is 10.8. The third-order valence-electron chi connectivity index (χ3n) is 8.57. The van der Waals surface area contributed by atoms with E-state index in [1.54, 1.807) is 0 Å². The molecule has 0 fully saturated rings. The van der Waals surface area contributed by atoms with Gasteiger partial charge in [0.1, 0.15) is 21.4 Å². The first-order chi connectivity index (χ1) is 20.7. The van der Waals surface area contributed by atoms with Crippen molar-refractivity contribution in [2.75, 3.05) is 0 Å². The predicted molar refractivity (Wildman–Crippen MR) is 164 cm³/mol. The van der Waals surface area contributed by atoms with E-state index in [2.05, 4.69) is 122 Å². The largest absolute Gasteiger partial charge is 0.212 e. The van der Waals surface area contributed by atoms with Crippen LogP contribution in [0.1, 0.15) is 49.9 Å². The zero-order chi connectivity index (χ0) is 28.8. The SMILES string of the molecule is CCc1cccc(CC)c1-n1nnc2/c1=c1/cccc/c1=c1/c(nnn1-c1c(CC)cccc1CC)=c1/cccc/c1=2. The van der Waals surface area contributed by atoms with Crippen molar-refractivity contribution in [1.82, 2.24) is 30.0 Å². The van der Waals surface area contributed by atoms with Gasteiger partial charge in [-0.1, -0.05) is 123 Å². The summed E-state index contributed by atoms with van der Waals surface area (Å²) >= 11 is 0. The van der Waals surface area contributed by atoms with Crippen LogP contribution in [0, 0.1) is 42.3 Å². The van der Waals surface area contributed by atoms with E-state index in [0.29, 0.717) is 0 Å². The van der Waals surface area contributed by atoms with Gasteiger partial charge < -0.3 is 0 Å². The minimum absolute atomic E-state index is 0.856. The van der Waals surface area contributed by atoms with E-state index in [4.69, 9.17) is 20.6 Å². The lowest BCUT2D eigenvalue weighted by Crippen LogP contribution is -2.08. The van der Waals surface area contributed by atoms with Gasteiger partial charge in [-0.25, -0.2) is 9.36 Å². The number of fused-ring (bicyclic) bond motifs is 4. The summed E-state index contributed by atoms with van der Waals surface area (Å²) in [7, 11) is 0. The first-order valence-electron chi connectivity index (χ1n) is 15.0. The Kier molecular flexibility index (Phi) is 6.54. The summed E-state index contributed by atoms with van der Waals surface area (Å²) in [6.07, 6.45) is 3.63. The van der Waals surface area contributed by atoms with Crippen molar-refractivity contribution in [3.05, 3.63) is 149 Å². The van der Waals surface area contributed by atoms with Crippen molar-refractivity contribution in [3.8, 4) is 11.4 Å². The maximum absolute atomic E-state index is 4.88. The average molecular weight is 551 g/mol. The van der Waals surface area contributed by atoms with Crippen LogP contribution in [-0.2, 0) is 25.7 Å². The highest BCUT2D eigenvalue weighted by atomic mass is 15.4. The Morgan fingerprint density at radius 2 is 0.762 bits per heavy atom. The van der Waals surface area contributed by atoms with E-state index in [0.717, 1.165) is 79.3 Å². The van der Waals surface area contributed by atoms with Crippen LogP contribution in [0.25, 0.3) is 11.4 Å². The second-order valence-corrected chi connectivity index (χ2v) is 10.8. The number of hydrogen-bond acceptors (Lipinski definition) is 4. The average Bonchev–Trinajstić information content (AvgIpc) is 3.67. The molecule has 1 aliphatic carbocycles. The molecule has 0 radical (unpaired) electrons. The van der Waals surface area contributed by atoms with Crippen molar-refractivity contribution in [2.24, 2.45) is 0 Å². The molecule has 0 spiro atoms. The highest BCUT2D eigenvalue weighted by Crippen LogP contribution is 2.24. The van der Waals surface area contributed by atoms with Gasteiger partial charge in [0.15, 0.2) is 0 Å². The Morgan fingerprint density at radius 3 is 1.10 bits per heavy atom. The number of para-hydroxylation sites is 2. The molecule has 2 aromatic heterocycles. The zero-order valence-electron chi connectivity index (χ0n) is 24.6. The van der Waals surface area contributed by atoms with Gasteiger partial charge in [-0.3, -0.25) is 0 Å². The molecule has 0 N–H and O–H groups in total. The highest BCUT2D eigenvalue weighted by Gasteiger charge is 2.17. The number of nitrogens with zero attached hydrogens (tertiary/aromatic N) is 6. The lowest BCUT2D eigenvalue weighted by molar-refractivity contribution is 0.763. The molecular formula is C36H34N6. The van der Waals surface area contributed by atoms with E-state index in [1.807, 2.05) is 0 Å². The van der Waals surface area contributed by atoms with Gasteiger partial charge in [0, 0.05) is 20.9 Å². The Labute approximate surface area is 243 Å². The fourth-order valence-electron chi connectivity index (χ4n) is 6.49. The predicted octanol–water partition coefficient (Wildman–Crippen LogP) is 6.56. The second kappa shape index (κ2) is 10.5. The Balaban J connectivity index is 1.85. The first kappa shape index (κ1) is 26.1. The Bertz CT molecular complexity index is 2160. The summed E-state index contributed by atoms with van der Waals surface area (Å²) in [5.41, 5.74) is 7.28. The third-order valence-corrected chi connectivity index (χ3v) is 8.57. The molecule has 0 amide bonds. The molecule has 0 saturated heterocycles. The molecule has 2 heterocycles. The lowest BCUT2D eigenvalue weighted by Gasteiger charge is -2.14. The van der Waals surface area contributed by atoms with E-state index in [1.165, 1.54) is 22.3 Å².